The zero-order valence-corrected chi connectivity index (χ0v) is 11.0. The number of hydrogen-bond acceptors (Lipinski definition) is 4. The number of aromatic nitrogens is 3. The van der Waals surface area contributed by atoms with Crippen LogP contribution in [0.5, 0.6) is 0 Å². The number of nitrogens with one attached hydrogen (secondary N) is 2. The number of rotatable bonds is 5. The summed E-state index contributed by atoms with van der Waals surface area (Å²) in [6.07, 6.45) is 4.08. The number of aliphatic hydroxyl groups excluding tert-OH is 1. The van der Waals surface area contributed by atoms with Crippen LogP contribution in [-0.2, 0) is 6.42 Å². The van der Waals surface area contributed by atoms with Gasteiger partial charge in [0.25, 0.3) is 0 Å². The van der Waals surface area contributed by atoms with Crippen LogP contribution in [0.1, 0.15) is 5.56 Å². The molecular formula is C15H16N4O. The summed E-state index contributed by atoms with van der Waals surface area (Å²) in [5, 5.41) is 13.8. The van der Waals surface area contributed by atoms with E-state index in [1.54, 1.807) is 0 Å². The van der Waals surface area contributed by atoms with E-state index in [0.29, 0.717) is 0 Å². The minimum Gasteiger partial charge on any atom is -0.394 e. The number of fused-ring (bicyclic) bond motifs is 1. The van der Waals surface area contributed by atoms with Gasteiger partial charge in [0.15, 0.2) is 0 Å². The Bertz CT molecular complexity index is 680. The molecule has 1 aromatic carbocycles. The van der Waals surface area contributed by atoms with E-state index < -0.39 is 0 Å². The standard InChI is InChI=1S/C15H16N4O/c20-9-12(8-11-4-2-1-3-5-11)19-15-13-6-7-16-14(13)17-10-18-15/h1-7,10,12,20H,8-9H2,(H2,16,17,18,19)/t12-/m1/s1. The molecular weight excluding hydrogens is 252 g/mol. The zero-order valence-electron chi connectivity index (χ0n) is 11.0. The largest absolute Gasteiger partial charge is 0.394 e. The van der Waals surface area contributed by atoms with Crippen molar-refractivity contribution >= 4 is 16.9 Å². The Morgan fingerprint density at radius 1 is 1.15 bits per heavy atom. The SMILES string of the molecule is OC[C@@H](Cc1ccccc1)Nc1ncnc2[nH]ccc12. The van der Waals surface area contributed by atoms with E-state index in [1.807, 2.05) is 30.5 Å². The molecule has 3 rings (SSSR count). The van der Waals surface area contributed by atoms with Crippen LogP contribution in [0.2, 0.25) is 0 Å². The van der Waals surface area contributed by atoms with Crippen molar-refractivity contribution in [3.63, 3.8) is 0 Å². The lowest BCUT2D eigenvalue weighted by atomic mass is 10.1. The summed E-state index contributed by atoms with van der Waals surface area (Å²) < 4.78 is 0. The van der Waals surface area contributed by atoms with Crippen LogP contribution in [-0.4, -0.2) is 32.7 Å². The average Bonchev–Trinajstić information content (AvgIpc) is 2.97. The molecule has 5 nitrogen and oxygen atoms in total. The van der Waals surface area contributed by atoms with Crippen molar-refractivity contribution in [3.8, 4) is 0 Å². The molecule has 3 aromatic rings. The summed E-state index contributed by atoms with van der Waals surface area (Å²) in [6, 6.07) is 11.9. The highest BCUT2D eigenvalue weighted by molar-refractivity contribution is 5.86. The quantitative estimate of drug-likeness (QED) is 0.661. The Kier molecular flexibility index (Phi) is 3.60. The van der Waals surface area contributed by atoms with Gasteiger partial charge in [0, 0.05) is 6.20 Å². The first-order chi connectivity index (χ1) is 9.86. The van der Waals surface area contributed by atoms with Crippen LogP contribution in [0.3, 0.4) is 0 Å². The molecule has 0 amide bonds. The van der Waals surface area contributed by atoms with E-state index in [1.165, 1.54) is 11.9 Å². The molecule has 20 heavy (non-hydrogen) atoms. The fourth-order valence-corrected chi connectivity index (χ4v) is 2.24. The lowest BCUT2D eigenvalue weighted by molar-refractivity contribution is 0.273. The summed E-state index contributed by atoms with van der Waals surface area (Å²) >= 11 is 0. The van der Waals surface area contributed by atoms with Crippen molar-refractivity contribution in [2.24, 2.45) is 0 Å². The van der Waals surface area contributed by atoms with Crippen LogP contribution in [0.25, 0.3) is 11.0 Å². The highest BCUT2D eigenvalue weighted by Gasteiger charge is 2.11. The Morgan fingerprint density at radius 2 is 2.00 bits per heavy atom. The van der Waals surface area contributed by atoms with Gasteiger partial charge in [0.1, 0.15) is 17.8 Å². The molecule has 0 spiro atoms. The minimum atomic E-state index is -0.0783. The maximum atomic E-state index is 9.56. The number of anilines is 1. The normalized spacial score (nSPS) is 12.4. The predicted molar refractivity (Wildman–Crippen MR) is 78.5 cm³/mol. The first-order valence-corrected chi connectivity index (χ1v) is 6.56. The topological polar surface area (TPSA) is 73.8 Å². The van der Waals surface area contributed by atoms with E-state index >= 15 is 0 Å². The van der Waals surface area contributed by atoms with E-state index in [2.05, 4.69) is 32.4 Å². The van der Waals surface area contributed by atoms with Gasteiger partial charge in [-0.15, -0.1) is 0 Å². The lowest BCUT2D eigenvalue weighted by Crippen LogP contribution is -2.27. The summed E-state index contributed by atoms with van der Waals surface area (Å²) in [5.74, 6) is 0.742. The van der Waals surface area contributed by atoms with E-state index in [9.17, 15) is 5.11 Å². The Morgan fingerprint density at radius 3 is 2.80 bits per heavy atom. The van der Waals surface area contributed by atoms with Gasteiger partial charge in [-0.2, -0.15) is 0 Å². The Hall–Kier alpha value is -2.40. The molecule has 0 bridgehead atoms. The number of nitrogens with zero attached hydrogens (tertiary/aromatic N) is 2. The number of hydrogen-bond donors (Lipinski definition) is 3. The third-order valence-corrected chi connectivity index (χ3v) is 3.24. The number of benzene rings is 1. The smallest absolute Gasteiger partial charge is 0.142 e. The second kappa shape index (κ2) is 5.71. The van der Waals surface area contributed by atoms with Crippen molar-refractivity contribution in [2.45, 2.75) is 12.5 Å². The lowest BCUT2D eigenvalue weighted by Gasteiger charge is -2.17. The summed E-state index contributed by atoms with van der Waals surface area (Å²) in [5.41, 5.74) is 1.97. The fraction of sp³-hybridized carbons (Fsp3) is 0.200. The molecule has 0 fully saturated rings. The molecule has 1 atom stereocenters. The third kappa shape index (κ3) is 2.62. The molecule has 0 radical (unpaired) electrons. The van der Waals surface area contributed by atoms with E-state index in [0.717, 1.165) is 23.3 Å². The average molecular weight is 268 g/mol. The molecule has 0 unspecified atom stereocenters. The van der Waals surface area contributed by atoms with Gasteiger partial charge < -0.3 is 15.4 Å². The highest BCUT2D eigenvalue weighted by Crippen LogP contribution is 2.19. The van der Waals surface area contributed by atoms with Crippen LogP contribution in [0.4, 0.5) is 5.82 Å². The summed E-state index contributed by atoms with van der Waals surface area (Å²) in [7, 11) is 0. The van der Waals surface area contributed by atoms with Crippen molar-refractivity contribution in [2.75, 3.05) is 11.9 Å². The maximum Gasteiger partial charge on any atom is 0.142 e. The van der Waals surface area contributed by atoms with Gasteiger partial charge in [-0.1, -0.05) is 30.3 Å². The Labute approximate surface area is 116 Å². The van der Waals surface area contributed by atoms with Crippen LogP contribution < -0.4 is 5.32 Å². The van der Waals surface area contributed by atoms with Gasteiger partial charge in [-0.05, 0) is 18.1 Å². The number of H-pyrrole nitrogens is 1. The Balaban J connectivity index is 1.79. The maximum absolute atomic E-state index is 9.56. The van der Waals surface area contributed by atoms with Crippen molar-refractivity contribution in [3.05, 3.63) is 54.5 Å². The molecule has 5 heteroatoms. The minimum absolute atomic E-state index is 0.0464. The molecule has 2 aromatic heterocycles. The second-order valence-electron chi connectivity index (χ2n) is 4.68. The van der Waals surface area contributed by atoms with E-state index in [4.69, 9.17) is 0 Å². The molecule has 0 aliphatic heterocycles. The molecule has 102 valence electrons. The predicted octanol–water partition coefficient (Wildman–Crippen LogP) is 1.97. The van der Waals surface area contributed by atoms with Gasteiger partial charge in [-0.3, -0.25) is 0 Å². The molecule has 0 aliphatic carbocycles. The third-order valence-electron chi connectivity index (χ3n) is 3.24. The molecule has 0 saturated heterocycles. The van der Waals surface area contributed by atoms with Crippen LogP contribution >= 0.6 is 0 Å². The van der Waals surface area contributed by atoms with Crippen molar-refractivity contribution in [1.29, 1.82) is 0 Å². The summed E-state index contributed by atoms with van der Waals surface area (Å²) in [6.45, 7) is 0.0464. The van der Waals surface area contributed by atoms with Crippen molar-refractivity contribution in [1.82, 2.24) is 15.0 Å². The number of aliphatic hydroxyl groups is 1. The first kappa shape index (κ1) is 12.6. The van der Waals surface area contributed by atoms with Crippen LogP contribution in [0.15, 0.2) is 48.9 Å². The van der Waals surface area contributed by atoms with Crippen LogP contribution in [0, 0.1) is 0 Å². The van der Waals surface area contributed by atoms with Gasteiger partial charge in [-0.25, -0.2) is 9.97 Å². The summed E-state index contributed by atoms with van der Waals surface area (Å²) in [4.78, 5) is 11.5. The molecule has 2 heterocycles. The molecule has 3 N–H and O–H groups in total. The first-order valence-electron chi connectivity index (χ1n) is 6.56. The van der Waals surface area contributed by atoms with Gasteiger partial charge >= 0.3 is 0 Å². The fourth-order valence-electron chi connectivity index (χ4n) is 2.24. The van der Waals surface area contributed by atoms with Gasteiger partial charge in [0.05, 0.1) is 18.0 Å². The monoisotopic (exact) mass is 268 g/mol. The van der Waals surface area contributed by atoms with Gasteiger partial charge in [0.2, 0.25) is 0 Å². The number of aromatic amines is 1. The van der Waals surface area contributed by atoms with E-state index in [-0.39, 0.29) is 12.6 Å². The molecule has 0 saturated carbocycles. The van der Waals surface area contributed by atoms with Crippen molar-refractivity contribution < 1.29 is 5.11 Å². The molecule has 0 aliphatic rings. The zero-order chi connectivity index (χ0) is 13.8. The second-order valence-corrected chi connectivity index (χ2v) is 4.68. The highest BCUT2D eigenvalue weighted by atomic mass is 16.3.